The van der Waals surface area contributed by atoms with Gasteiger partial charge in [0.1, 0.15) is 5.75 Å². The zero-order chi connectivity index (χ0) is 14.1. The molecule has 0 heterocycles. The molecule has 0 spiro atoms. The van der Waals surface area contributed by atoms with E-state index in [9.17, 15) is 5.11 Å². The van der Waals surface area contributed by atoms with Crippen molar-refractivity contribution in [3.8, 4) is 5.75 Å². The van der Waals surface area contributed by atoms with Gasteiger partial charge in [-0.2, -0.15) is 0 Å². The van der Waals surface area contributed by atoms with Crippen LogP contribution in [0.5, 0.6) is 5.75 Å². The molecule has 0 saturated carbocycles. The van der Waals surface area contributed by atoms with Gasteiger partial charge in [0.05, 0.1) is 6.04 Å². The molecule has 0 radical (unpaired) electrons. The summed E-state index contributed by atoms with van der Waals surface area (Å²) in [5.74, 6) is 0.357. The van der Waals surface area contributed by atoms with Crippen LogP contribution in [-0.4, -0.2) is 5.11 Å². The monoisotopic (exact) mass is 379 g/mol. The minimum atomic E-state index is 0.296. The first-order chi connectivity index (χ1) is 9.63. The number of halogens is 1. The van der Waals surface area contributed by atoms with E-state index < -0.39 is 0 Å². The van der Waals surface area contributed by atoms with E-state index in [1.54, 1.807) is 6.07 Å². The van der Waals surface area contributed by atoms with Crippen LogP contribution in [0.2, 0.25) is 0 Å². The number of aryl methyl sites for hydroxylation is 2. The van der Waals surface area contributed by atoms with Gasteiger partial charge in [0.2, 0.25) is 0 Å². The van der Waals surface area contributed by atoms with Gasteiger partial charge < -0.3 is 10.4 Å². The van der Waals surface area contributed by atoms with Crippen molar-refractivity contribution in [3.63, 3.8) is 0 Å². The topological polar surface area (TPSA) is 32.3 Å². The third-order valence-corrected chi connectivity index (χ3v) is 5.12. The molecule has 0 amide bonds. The summed E-state index contributed by atoms with van der Waals surface area (Å²) in [4.78, 5) is 0. The fraction of sp³-hybridized carbons (Fsp3) is 0.294. The minimum Gasteiger partial charge on any atom is -0.508 e. The van der Waals surface area contributed by atoms with Crippen molar-refractivity contribution < 1.29 is 5.11 Å². The maximum Gasteiger partial charge on any atom is 0.115 e. The zero-order valence-electron chi connectivity index (χ0n) is 11.5. The first kappa shape index (κ1) is 13.7. The van der Waals surface area contributed by atoms with Crippen molar-refractivity contribution in [2.75, 3.05) is 5.32 Å². The fourth-order valence-corrected chi connectivity index (χ4v) is 3.34. The van der Waals surface area contributed by atoms with Crippen LogP contribution in [0.15, 0.2) is 36.4 Å². The van der Waals surface area contributed by atoms with E-state index in [1.807, 2.05) is 6.07 Å². The van der Waals surface area contributed by atoms with Crippen LogP contribution in [-0.2, 0) is 6.42 Å². The second-order valence-corrected chi connectivity index (χ2v) is 6.60. The van der Waals surface area contributed by atoms with E-state index in [4.69, 9.17) is 0 Å². The number of phenols is 1. The average molecular weight is 379 g/mol. The summed E-state index contributed by atoms with van der Waals surface area (Å²) < 4.78 is 1.28. The van der Waals surface area contributed by atoms with Crippen molar-refractivity contribution in [1.82, 2.24) is 0 Å². The lowest BCUT2D eigenvalue weighted by molar-refractivity contribution is 0.471. The van der Waals surface area contributed by atoms with Crippen LogP contribution in [0.3, 0.4) is 0 Å². The number of phenolic OH excluding ortho intramolecular Hbond substituents is 1. The average Bonchev–Trinajstić information content (AvgIpc) is 2.44. The lowest BCUT2D eigenvalue weighted by atomic mass is 9.87. The molecule has 0 saturated heterocycles. The smallest absolute Gasteiger partial charge is 0.115 e. The molecular formula is C17H18INO. The molecule has 0 bridgehead atoms. The molecule has 1 aliphatic carbocycles. The molecule has 3 heteroatoms. The zero-order valence-corrected chi connectivity index (χ0v) is 13.6. The first-order valence-corrected chi connectivity index (χ1v) is 8.06. The van der Waals surface area contributed by atoms with Gasteiger partial charge in [0, 0.05) is 9.26 Å². The molecule has 0 aromatic heterocycles. The van der Waals surface area contributed by atoms with Gasteiger partial charge in [-0.1, -0.05) is 12.1 Å². The summed E-state index contributed by atoms with van der Waals surface area (Å²) in [5, 5.41) is 13.3. The maximum atomic E-state index is 9.72. The number of benzene rings is 2. The van der Waals surface area contributed by atoms with Gasteiger partial charge in [-0.3, -0.25) is 0 Å². The number of fused-ring (bicyclic) bond motifs is 1. The van der Waals surface area contributed by atoms with Crippen LogP contribution in [0, 0.1) is 10.5 Å². The maximum absolute atomic E-state index is 9.72. The van der Waals surface area contributed by atoms with Crippen molar-refractivity contribution in [2.45, 2.75) is 32.2 Å². The van der Waals surface area contributed by atoms with Crippen LogP contribution >= 0.6 is 22.6 Å². The van der Waals surface area contributed by atoms with E-state index >= 15 is 0 Å². The van der Waals surface area contributed by atoms with Crippen LogP contribution in [0.4, 0.5) is 5.69 Å². The molecule has 2 aromatic carbocycles. The number of hydrogen-bond acceptors (Lipinski definition) is 2. The molecule has 104 valence electrons. The van der Waals surface area contributed by atoms with Crippen LogP contribution in [0.25, 0.3) is 0 Å². The Balaban J connectivity index is 1.89. The third-order valence-electron chi connectivity index (χ3n) is 3.96. The summed E-state index contributed by atoms with van der Waals surface area (Å²) in [5.41, 5.74) is 5.05. The molecule has 1 unspecified atom stereocenters. The van der Waals surface area contributed by atoms with E-state index in [0.29, 0.717) is 11.8 Å². The number of hydrogen-bond donors (Lipinski definition) is 2. The minimum absolute atomic E-state index is 0.296. The largest absolute Gasteiger partial charge is 0.508 e. The predicted octanol–water partition coefficient (Wildman–Crippen LogP) is 4.79. The SMILES string of the molecule is Cc1ccc(NC2CCCc3ccc(O)cc32)cc1I. The first-order valence-electron chi connectivity index (χ1n) is 6.98. The Bertz CT molecular complexity index is 639. The fourth-order valence-electron chi connectivity index (χ4n) is 2.82. The number of nitrogens with one attached hydrogen (secondary N) is 1. The molecule has 1 aliphatic rings. The predicted molar refractivity (Wildman–Crippen MR) is 91.3 cm³/mol. The molecule has 0 aliphatic heterocycles. The molecule has 0 fully saturated rings. The second-order valence-electron chi connectivity index (χ2n) is 5.44. The van der Waals surface area contributed by atoms with Gasteiger partial charge in [0.15, 0.2) is 0 Å². The second kappa shape index (κ2) is 5.64. The Morgan fingerprint density at radius 3 is 2.85 bits per heavy atom. The highest BCUT2D eigenvalue weighted by Crippen LogP contribution is 2.34. The highest BCUT2D eigenvalue weighted by molar-refractivity contribution is 14.1. The van der Waals surface area contributed by atoms with Gasteiger partial charge in [-0.25, -0.2) is 0 Å². The standard InChI is InChI=1S/C17H18INO/c1-11-5-7-13(9-16(11)18)19-17-4-2-3-12-6-8-14(20)10-15(12)17/h5-10,17,19-20H,2-4H2,1H3. The Labute approximate surface area is 133 Å². The Morgan fingerprint density at radius 2 is 2.05 bits per heavy atom. The highest BCUT2D eigenvalue weighted by atomic mass is 127. The normalized spacial score (nSPS) is 17.6. The van der Waals surface area contributed by atoms with Crippen LogP contribution in [0.1, 0.15) is 35.6 Å². The Hall–Kier alpha value is -1.23. The summed E-state index contributed by atoms with van der Waals surface area (Å²) in [6.07, 6.45) is 3.42. The number of anilines is 1. The molecule has 2 N–H and O–H groups in total. The van der Waals surface area contributed by atoms with Crippen molar-refractivity contribution in [3.05, 3.63) is 56.7 Å². The summed E-state index contributed by atoms with van der Waals surface area (Å²) in [6.45, 7) is 2.12. The molecule has 3 rings (SSSR count). The Kier molecular flexibility index (Phi) is 3.87. The quantitative estimate of drug-likeness (QED) is 0.736. The summed E-state index contributed by atoms with van der Waals surface area (Å²) in [6, 6.07) is 12.5. The van der Waals surface area contributed by atoms with Gasteiger partial charge in [-0.05, 0) is 89.7 Å². The molecule has 2 nitrogen and oxygen atoms in total. The van der Waals surface area contributed by atoms with Gasteiger partial charge in [0.25, 0.3) is 0 Å². The van der Waals surface area contributed by atoms with Crippen molar-refractivity contribution in [2.24, 2.45) is 0 Å². The molecular weight excluding hydrogens is 361 g/mol. The number of aromatic hydroxyl groups is 1. The molecule has 1 atom stereocenters. The van der Waals surface area contributed by atoms with Crippen molar-refractivity contribution in [1.29, 1.82) is 0 Å². The van der Waals surface area contributed by atoms with E-state index in [1.165, 1.54) is 26.7 Å². The Morgan fingerprint density at radius 1 is 1.20 bits per heavy atom. The van der Waals surface area contributed by atoms with E-state index in [2.05, 4.69) is 59.1 Å². The van der Waals surface area contributed by atoms with E-state index in [-0.39, 0.29) is 0 Å². The summed E-state index contributed by atoms with van der Waals surface area (Å²) in [7, 11) is 0. The highest BCUT2D eigenvalue weighted by Gasteiger charge is 2.20. The van der Waals surface area contributed by atoms with Crippen molar-refractivity contribution >= 4 is 28.3 Å². The molecule has 2 aromatic rings. The number of rotatable bonds is 2. The van der Waals surface area contributed by atoms with Gasteiger partial charge >= 0.3 is 0 Å². The lowest BCUT2D eigenvalue weighted by Gasteiger charge is -2.27. The summed E-state index contributed by atoms with van der Waals surface area (Å²) >= 11 is 2.37. The van der Waals surface area contributed by atoms with Gasteiger partial charge in [-0.15, -0.1) is 0 Å². The third kappa shape index (κ3) is 2.77. The lowest BCUT2D eigenvalue weighted by Crippen LogP contribution is -2.17. The van der Waals surface area contributed by atoms with E-state index in [0.717, 1.165) is 18.5 Å². The molecule has 20 heavy (non-hydrogen) atoms. The van der Waals surface area contributed by atoms with Crippen LogP contribution < -0.4 is 5.32 Å².